The highest BCUT2D eigenvalue weighted by atomic mass is 16.5. The van der Waals surface area contributed by atoms with Crippen molar-refractivity contribution in [3.05, 3.63) is 59.9 Å². The molecule has 2 unspecified atom stereocenters. The zero-order chi connectivity index (χ0) is 19.6. The Morgan fingerprint density at radius 1 is 1.15 bits per heavy atom. The maximum Gasteiger partial charge on any atom is 0.239 e. The van der Waals surface area contributed by atoms with Crippen LogP contribution in [-0.2, 0) is 16.2 Å². The summed E-state index contributed by atoms with van der Waals surface area (Å²) in [5.74, 6) is 0.350. The van der Waals surface area contributed by atoms with Gasteiger partial charge in [-0.1, -0.05) is 32.0 Å². The highest BCUT2D eigenvalue weighted by Gasteiger charge is 2.13. The Bertz CT molecular complexity index is 732. The second-order valence-corrected chi connectivity index (χ2v) is 6.54. The second-order valence-electron chi connectivity index (χ2n) is 6.54. The highest BCUT2D eigenvalue weighted by Crippen LogP contribution is 2.18. The maximum atomic E-state index is 12.0. The van der Waals surface area contributed by atoms with E-state index in [2.05, 4.69) is 15.6 Å². The molecule has 2 atom stereocenters. The van der Waals surface area contributed by atoms with Crippen LogP contribution in [0.2, 0.25) is 0 Å². The van der Waals surface area contributed by atoms with Gasteiger partial charge in [-0.3, -0.25) is 14.6 Å². The fourth-order valence-corrected chi connectivity index (χ4v) is 2.41. The minimum Gasteiger partial charge on any atom is -0.489 e. The molecule has 0 saturated heterocycles. The zero-order valence-electron chi connectivity index (χ0n) is 16.1. The van der Waals surface area contributed by atoms with Crippen LogP contribution in [0.1, 0.15) is 44.4 Å². The largest absolute Gasteiger partial charge is 0.489 e. The fraction of sp³-hybridized carbons (Fsp3) is 0.381. The van der Waals surface area contributed by atoms with Gasteiger partial charge in [0.25, 0.3) is 0 Å². The van der Waals surface area contributed by atoms with Crippen molar-refractivity contribution >= 4 is 11.8 Å². The first-order valence-corrected chi connectivity index (χ1v) is 9.18. The summed E-state index contributed by atoms with van der Waals surface area (Å²) in [6.07, 6.45) is 4.24. The van der Waals surface area contributed by atoms with E-state index in [9.17, 15) is 9.59 Å². The van der Waals surface area contributed by atoms with Crippen molar-refractivity contribution in [2.45, 2.75) is 39.8 Å². The molecule has 144 valence electrons. The van der Waals surface area contributed by atoms with Gasteiger partial charge < -0.3 is 15.4 Å². The topological polar surface area (TPSA) is 80.3 Å². The minimum atomic E-state index is -0.212. The average Bonchev–Trinajstić information content (AvgIpc) is 2.70. The van der Waals surface area contributed by atoms with E-state index >= 15 is 0 Å². The third kappa shape index (κ3) is 6.73. The van der Waals surface area contributed by atoms with E-state index in [-0.39, 0.29) is 30.3 Å². The number of carbonyl (C=O) groups excluding carboxylic acids is 2. The van der Waals surface area contributed by atoms with E-state index in [1.165, 1.54) is 0 Å². The summed E-state index contributed by atoms with van der Waals surface area (Å²) in [6.45, 7) is 6.12. The summed E-state index contributed by atoms with van der Waals surface area (Å²) in [7, 11) is 0. The Hall–Kier alpha value is -2.89. The van der Waals surface area contributed by atoms with E-state index in [4.69, 9.17) is 4.74 Å². The molecule has 0 aliphatic rings. The molecule has 6 nitrogen and oxygen atoms in total. The van der Waals surface area contributed by atoms with E-state index < -0.39 is 0 Å². The Morgan fingerprint density at radius 2 is 1.89 bits per heavy atom. The van der Waals surface area contributed by atoms with Crippen molar-refractivity contribution in [1.82, 2.24) is 15.6 Å². The first-order chi connectivity index (χ1) is 13.0. The van der Waals surface area contributed by atoms with Gasteiger partial charge in [0.05, 0.1) is 12.6 Å². The van der Waals surface area contributed by atoms with Crippen LogP contribution in [0.5, 0.6) is 5.75 Å². The van der Waals surface area contributed by atoms with Crippen LogP contribution in [0, 0.1) is 5.92 Å². The SMILES string of the molecule is CCC(C)C(=O)NCC(=O)NC(C)c1ccc(OCc2cccnc2)cc1. The molecule has 0 aliphatic carbocycles. The number of rotatable bonds is 9. The van der Waals surface area contributed by atoms with Crippen LogP contribution >= 0.6 is 0 Å². The van der Waals surface area contributed by atoms with E-state index in [1.54, 1.807) is 12.4 Å². The molecule has 0 saturated carbocycles. The lowest BCUT2D eigenvalue weighted by molar-refractivity contribution is -0.128. The van der Waals surface area contributed by atoms with Gasteiger partial charge in [-0.05, 0) is 37.1 Å². The smallest absolute Gasteiger partial charge is 0.239 e. The van der Waals surface area contributed by atoms with Crippen LogP contribution in [0.4, 0.5) is 0 Å². The zero-order valence-corrected chi connectivity index (χ0v) is 16.1. The molecule has 0 fully saturated rings. The van der Waals surface area contributed by atoms with Gasteiger partial charge in [-0.15, -0.1) is 0 Å². The summed E-state index contributed by atoms with van der Waals surface area (Å²) in [5, 5.41) is 5.54. The normalized spacial score (nSPS) is 12.7. The Kier molecular flexibility index (Phi) is 7.79. The van der Waals surface area contributed by atoms with Crippen LogP contribution in [0.25, 0.3) is 0 Å². The summed E-state index contributed by atoms with van der Waals surface area (Å²) in [4.78, 5) is 27.8. The van der Waals surface area contributed by atoms with Crippen molar-refractivity contribution < 1.29 is 14.3 Å². The molecule has 0 spiro atoms. The molecule has 0 bridgehead atoms. The molecule has 2 amide bonds. The van der Waals surface area contributed by atoms with Crippen LogP contribution in [0.15, 0.2) is 48.8 Å². The molecule has 0 aliphatic heterocycles. The van der Waals surface area contributed by atoms with Crippen molar-refractivity contribution in [1.29, 1.82) is 0 Å². The van der Waals surface area contributed by atoms with Gasteiger partial charge in [0, 0.05) is 23.9 Å². The Labute approximate surface area is 160 Å². The Morgan fingerprint density at radius 3 is 2.52 bits per heavy atom. The summed E-state index contributed by atoms with van der Waals surface area (Å²) >= 11 is 0. The number of amides is 2. The number of nitrogens with zero attached hydrogens (tertiary/aromatic N) is 1. The highest BCUT2D eigenvalue weighted by molar-refractivity contribution is 5.85. The van der Waals surface area contributed by atoms with Gasteiger partial charge in [0.2, 0.25) is 11.8 Å². The number of aromatic nitrogens is 1. The third-order valence-electron chi connectivity index (χ3n) is 4.37. The molecule has 2 rings (SSSR count). The van der Waals surface area contributed by atoms with Crippen molar-refractivity contribution in [2.24, 2.45) is 5.92 Å². The third-order valence-corrected chi connectivity index (χ3v) is 4.37. The fourth-order valence-electron chi connectivity index (χ4n) is 2.41. The quantitative estimate of drug-likeness (QED) is 0.712. The lowest BCUT2D eigenvalue weighted by Crippen LogP contribution is -2.39. The van der Waals surface area contributed by atoms with Gasteiger partial charge in [-0.2, -0.15) is 0 Å². The van der Waals surface area contributed by atoms with Gasteiger partial charge in [0.1, 0.15) is 12.4 Å². The number of nitrogens with one attached hydrogen (secondary N) is 2. The van der Waals surface area contributed by atoms with E-state index in [0.717, 1.165) is 23.3 Å². The lowest BCUT2D eigenvalue weighted by Gasteiger charge is -2.16. The minimum absolute atomic E-state index is 0.0141. The molecule has 2 N–H and O–H groups in total. The first-order valence-electron chi connectivity index (χ1n) is 9.18. The molecule has 6 heteroatoms. The molecule has 1 heterocycles. The predicted molar refractivity (Wildman–Crippen MR) is 104 cm³/mol. The van der Waals surface area contributed by atoms with Crippen LogP contribution in [-0.4, -0.2) is 23.3 Å². The number of pyridine rings is 1. The number of ether oxygens (including phenoxy) is 1. The number of hydrogen-bond donors (Lipinski definition) is 2. The number of hydrogen-bond acceptors (Lipinski definition) is 4. The summed E-state index contributed by atoms with van der Waals surface area (Å²) in [6, 6.07) is 11.3. The second kappa shape index (κ2) is 10.3. The summed E-state index contributed by atoms with van der Waals surface area (Å²) in [5.41, 5.74) is 1.96. The molecule has 1 aromatic heterocycles. The molecule has 1 aromatic carbocycles. The molecule has 27 heavy (non-hydrogen) atoms. The number of carbonyl (C=O) groups is 2. The van der Waals surface area contributed by atoms with Crippen LogP contribution in [0.3, 0.4) is 0 Å². The van der Waals surface area contributed by atoms with Crippen molar-refractivity contribution in [3.63, 3.8) is 0 Å². The number of benzene rings is 1. The molecular weight excluding hydrogens is 342 g/mol. The molecular formula is C21H27N3O3. The van der Waals surface area contributed by atoms with Gasteiger partial charge >= 0.3 is 0 Å². The van der Waals surface area contributed by atoms with E-state index in [1.807, 2.05) is 57.2 Å². The van der Waals surface area contributed by atoms with E-state index in [0.29, 0.717) is 6.61 Å². The van der Waals surface area contributed by atoms with Crippen molar-refractivity contribution in [3.8, 4) is 5.75 Å². The molecule has 2 aromatic rings. The van der Waals surface area contributed by atoms with Crippen LogP contribution < -0.4 is 15.4 Å². The monoisotopic (exact) mass is 369 g/mol. The van der Waals surface area contributed by atoms with Gasteiger partial charge in [0.15, 0.2) is 0 Å². The predicted octanol–water partition coefficient (Wildman–Crippen LogP) is 3.00. The van der Waals surface area contributed by atoms with Gasteiger partial charge in [-0.25, -0.2) is 0 Å². The standard InChI is InChI=1S/C21H27N3O3/c1-4-15(2)21(26)23-13-20(25)24-16(3)18-7-9-19(10-8-18)27-14-17-6-5-11-22-12-17/h5-12,15-16H,4,13-14H2,1-3H3,(H,23,26)(H,24,25). The van der Waals surface area contributed by atoms with Crippen molar-refractivity contribution in [2.75, 3.05) is 6.54 Å². The summed E-state index contributed by atoms with van der Waals surface area (Å²) < 4.78 is 5.73. The Balaban J connectivity index is 1.79. The molecule has 0 radical (unpaired) electrons. The lowest BCUT2D eigenvalue weighted by atomic mass is 10.1. The maximum absolute atomic E-state index is 12.0. The first kappa shape index (κ1) is 20.4. The average molecular weight is 369 g/mol.